The number of hydrogen-bond donors (Lipinski definition) is 1. The van der Waals surface area contributed by atoms with Crippen LogP contribution in [-0.4, -0.2) is 48.1 Å². The van der Waals surface area contributed by atoms with Gasteiger partial charge in [0, 0.05) is 30.5 Å². The number of carbonyl (C=O) groups excluding carboxylic acids is 1. The fourth-order valence-electron chi connectivity index (χ4n) is 4.00. The Kier molecular flexibility index (Phi) is 6.46. The third-order valence-corrected chi connectivity index (χ3v) is 5.65. The largest absolute Gasteiger partial charge is 0.450 e. The number of nitrogens with zero attached hydrogens (tertiary/aromatic N) is 1. The molecule has 1 N–H and O–H groups in total. The van der Waals surface area contributed by atoms with Crippen molar-refractivity contribution in [1.82, 2.24) is 4.90 Å². The molecule has 174 valence electrons. The fourth-order valence-corrected chi connectivity index (χ4v) is 4.00. The lowest BCUT2D eigenvalue weighted by Crippen LogP contribution is -2.53. The molecule has 1 amide bonds. The second kappa shape index (κ2) is 8.65. The molecule has 32 heavy (non-hydrogen) atoms. The maximum Gasteiger partial charge on any atom is 0.430 e. The monoisotopic (exact) mass is 461 g/mol. The lowest BCUT2D eigenvalue weighted by Gasteiger charge is -2.33. The Morgan fingerprint density at radius 3 is 1.81 bits per heavy atom. The van der Waals surface area contributed by atoms with E-state index in [-0.39, 0.29) is 31.5 Å². The molecule has 1 aliphatic heterocycles. The molecule has 0 unspecified atom stereocenters. The Hall–Kier alpha value is -2.75. The van der Waals surface area contributed by atoms with Crippen molar-refractivity contribution in [3.63, 3.8) is 0 Å². The minimum atomic E-state index is -5.95. The summed E-state index contributed by atoms with van der Waals surface area (Å²) in [6.07, 6.45) is -12.4. The van der Waals surface area contributed by atoms with Gasteiger partial charge in [-0.2, -0.15) is 26.3 Å². The molecule has 0 spiro atoms. The highest BCUT2D eigenvalue weighted by Gasteiger charge is 2.71. The highest BCUT2D eigenvalue weighted by Crippen LogP contribution is 2.50. The Balaban J connectivity index is 1.97. The maximum absolute atomic E-state index is 13.2. The summed E-state index contributed by atoms with van der Waals surface area (Å²) in [5, 5.41) is 9.60. The molecule has 3 rings (SSSR count). The average molecular weight is 461 g/mol. The number of carbonyl (C=O) groups is 1. The topological polar surface area (TPSA) is 49.8 Å². The Labute approximate surface area is 180 Å². The number of alkyl halides is 6. The quantitative estimate of drug-likeness (QED) is 0.626. The molecular weight excluding hydrogens is 440 g/mol. The number of hydrogen-bond acceptors (Lipinski definition) is 3. The lowest BCUT2D eigenvalue weighted by molar-refractivity contribution is -0.376. The van der Waals surface area contributed by atoms with E-state index in [1.807, 2.05) is 12.1 Å². The second-order valence-electron chi connectivity index (χ2n) is 7.56. The van der Waals surface area contributed by atoms with Crippen LogP contribution in [0.25, 0.3) is 0 Å². The summed E-state index contributed by atoms with van der Waals surface area (Å²) < 4.78 is 84.0. The van der Waals surface area contributed by atoms with E-state index in [1.54, 1.807) is 25.1 Å². The van der Waals surface area contributed by atoms with E-state index in [0.29, 0.717) is 17.7 Å². The summed E-state index contributed by atoms with van der Waals surface area (Å²) in [5.74, 6) is -0.628. The highest BCUT2D eigenvalue weighted by atomic mass is 19.4. The minimum Gasteiger partial charge on any atom is -0.450 e. The number of likely N-dealkylation sites (tertiary alicyclic amines) is 1. The van der Waals surface area contributed by atoms with Gasteiger partial charge in [-0.15, -0.1) is 0 Å². The van der Waals surface area contributed by atoms with E-state index in [1.165, 1.54) is 4.90 Å². The molecule has 2 aromatic rings. The summed E-state index contributed by atoms with van der Waals surface area (Å²) in [6, 6.07) is 12.6. The van der Waals surface area contributed by atoms with Crippen molar-refractivity contribution in [2.75, 3.05) is 19.7 Å². The smallest absolute Gasteiger partial charge is 0.430 e. The number of benzene rings is 2. The molecule has 0 radical (unpaired) electrons. The van der Waals surface area contributed by atoms with Crippen LogP contribution in [0.1, 0.15) is 35.4 Å². The van der Waals surface area contributed by atoms with Gasteiger partial charge < -0.3 is 14.7 Å². The van der Waals surface area contributed by atoms with Crippen molar-refractivity contribution in [2.24, 2.45) is 0 Å². The standard InChI is InChI=1S/C22H21F6NO3/c1-2-32-19(30)29-12-17(14-6-4-3-5-7-14)18(13-29)15-8-10-16(11-9-15)20(31,21(23,24)25)22(26,27)28/h3-11,17-18,31H,2,12-13H2,1H3/t17-,18+/m1/s1. The van der Waals surface area contributed by atoms with E-state index in [9.17, 15) is 36.2 Å². The van der Waals surface area contributed by atoms with Crippen molar-refractivity contribution in [2.45, 2.75) is 36.7 Å². The number of halogens is 6. The molecule has 0 saturated carbocycles. The van der Waals surface area contributed by atoms with Crippen molar-refractivity contribution < 1.29 is 41.0 Å². The molecule has 2 aromatic carbocycles. The van der Waals surface area contributed by atoms with Gasteiger partial charge in [-0.05, 0) is 18.1 Å². The van der Waals surface area contributed by atoms with Gasteiger partial charge in [0.25, 0.3) is 5.60 Å². The van der Waals surface area contributed by atoms with Crippen molar-refractivity contribution in [3.8, 4) is 0 Å². The van der Waals surface area contributed by atoms with Crippen LogP contribution in [-0.2, 0) is 10.3 Å². The van der Waals surface area contributed by atoms with Crippen LogP contribution >= 0.6 is 0 Å². The molecule has 0 bridgehead atoms. The van der Waals surface area contributed by atoms with Crippen LogP contribution in [0.3, 0.4) is 0 Å². The molecule has 2 atom stereocenters. The minimum absolute atomic E-state index is 0.165. The first-order valence-electron chi connectivity index (χ1n) is 9.83. The summed E-state index contributed by atoms with van der Waals surface area (Å²) in [5.41, 5.74) is -4.99. The molecule has 4 nitrogen and oxygen atoms in total. The third-order valence-electron chi connectivity index (χ3n) is 5.65. The van der Waals surface area contributed by atoms with Crippen LogP contribution in [0, 0.1) is 0 Å². The number of rotatable bonds is 4. The van der Waals surface area contributed by atoms with E-state index in [4.69, 9.17) is 4.74 Å². The molecule has 1 fully saturated rings. The third kappa shape index (κ3) is 4.28. The van der Waals surface area contributed by atoms with Gasteiger partial charge in [0.2, 0.25) is 0 Å². The Morgan fingerprint density at radius 2 is 1.38 bits per heavy atom. The predicted octanol–water partition coefficient (Wildman–Crippen LogP) is 5.34. The van der Waals surface area contributed by atoms with Crippen molar-refractivity contribution in [3.05, 3.63) is 71.3 Å². The zero-order valence-corrected chi connectivity index (χ0v) is 17.0. The molecule has 1 aliphatic rings. The summed E-state index contributed by atoms with van der Waals surface area (Å²) >= 11 is 0. The Bertz CT molecular complexity index is 913. The molecule has 0 aromatic heterocycles. The molecule has 0 aliphatic carbocycles. The average Bonchev–Trinajstić information content (AvgIpc) is 3.18. The normalized spacial score (nSPS) is 19.8. The van der Waals surface area contributed by atoms with Crippen LogP contribution in [0.15, 0.2) is 54.6 Å². The maximum atomic E-state index is 13.2. The van der Waals surface area contributed by atoms with E-state index in [2.05, 4.69) is 0 Å². The SMILES string of the molecule is CCOC(=O)N1C[C@H](c2ccccc2)[C@H](c2ccc(C(O)(C(F)(F)F)C(F)(F)F)cc2)C1. The van der Waals surface area contributed by atoms with Crippen LogP contribution in [0.2, 0.25) is 0 Å². The summed E-state index contributed by atoms with van der Waals surface area (Å²) in [7, 11) is 0. The summed E-state index contributed by atoms with van der Waals surface area (Å²) in [4.78, 5) is 13.7. The fraction of sp³-hybridized carbons (Fsp3) is 0.409. The van der Waals surface area contributed by atoms with Gasteiger partial charge in [0.05, 0.1) is 6.61 Å². The number of aliphatic hydroxyl groups is 1. The Morgan fingerprint density at radius 1 is 0.906 bits per heavy atom. The first-order valence-corrected chi connectivity index (χ1v) is 9.83. The van der Waals surface area contributed by atoms with E-state index in [0.717, 1.165) is 17.7 Å². The zero-order valence-electron chi connectivity index (χ0n) is 17.0. The molecular formula is C22H21F6NO3. The van der Waals surface area contributed by atoms with Crippen LogP contribution in [0.5, 0.6) is 0 Å². The van der Waals surface area contributed by atoms with E-state index >= 15 is 0 Å². The zero-order chi connectivity index (χ0) is 23.7. The molecule has 10 heteroatoms. The van der Waals surface area contributed by atoms with Crippen LogP contribution < -0.4 is 0 Å². The predicted molar refractivity (Wildman–Crippen MR) is 103 cm³/mol. The van der Waals surface area contributed by atoms with Crippen LogP contribution in [0.4, 0.5) is 31.1 Å². The molecule has 1 heterocycles. The second-order valence-corrected chi connectivity index (χ2v) is 7.56. The number of amides is 1. The van der Waals surface area contributed by atoms with Crippen molar-refractivity contribution in [1.29, 1.82) is 0 Å². The van der Waals surface area contributed by atoms with Gasteiger partial charge in [-0.25, -0.2) is 4.79 Å². The lowest BCUT2D eigenvalue weighted by atomic mass is 9.83. The first-order chi connectivity index (χ1) is 14.9. The van der Waals surface area contributed by atoms with Crippen molar-refractivity contribution >= 4 is 6.09 Å². The van der Waals surface area contributed by atoms with E-state index < -0.39 is 29.6 Å². The van der Waals surface area contributed by atoms with Gasteiger partial charge >= 0.3 is 18.4 Å². The van der Waals surface area contributed by atoms with Gasteiger partial charge in [-0.1, -0.05) is 54.6 Å². The van der Waals surface area contributed by atoms with Gasteiger partial charge in [0.1, 0.15) is 0 Å². The van der Waals surface area contributed by atoms with Gasteiger partial charge in [-0.3, -0.25) is 0 Å². The summed E-state index contributed by atoms with van der Waals surface area (Å²) in [6.45, 7) is 2.28. The number of ether oxygens (including phenoxy) is 1. The molecule has 1 saturated heterocycles. The first kappa shape index (κ1) is 23.9. The van der Waals surface area contributed by atoms with Gasteiger partial charge in [0.15, 0.2) is 0 Å². The highest BCUT2D eigenvalue weighted by molar-refractivity contribution is 5.68.